The molecule has 110 valence electrons. The number of hydrogen-bond acceptors (Lipinski definition) is 1. The van der Waals surface area contributed by atoms with E-state index in [1.807, 2.05) is 84.9 Å². The monoisotopic (exact) mass is 308 g/mol. The molecular formula is C20H17ClO. The van der Waals surface area contributed by atoms with Crippen LogP contribution in [0.3, 0.4) is 0 Å². The van der Waals surface area contributed by atoms with Gasteiger partial charge in [0, 0.05) is 11.4 Å². The van der Waals surface area contributed by atoms with Crippen LogP contribution < -0.4 is 0 Å². The molecule has 2 heteroatoms. The molecule has 1 N–H and O–H groups in total. The molecule has 0 saturated heterocycles. The molecule has 0 radical (unpaired) electrons. The Morgan fingerprint density at radius 3 is 1.59 bits per heavy atom. The number of hydrogen-bond donors (Lipinski definition) is 1. The molecule has 3 rings (SSSR count). The minimum Gasteiger partial charge on any atom is -0.380 e. The fraction of sp³-hybridized carbons (Fsp3) is 0.100. The van der Waals surface area contributed by atoms with Crippen LogP contribution in [0.1, 0.15) is 16.7 Å². The van der Waals surface area contributed by atoms with E-state index in [1.54, 1.807) is 0 Å². The largest absolute Gasteiger partial charge is 0.380 e. The smallest absolute Gasteiger partial charge is 0.119 e. The third kappa shape index (κ3) is 3.06. The molecule has 0 aromatic heterocycles. The summed E-state index contributed by atoms with van der Waals surface area (Å²) in [4.78, 5) is 0. The molecule has 0 heterocycles. The van der Waals surface area contributed by atoms with Crippen molar-refractivity contribution >= 4 is 11.6 Å². The lowest BCUT2D eigenvalue weighted by Crippen LogP contribution is -2.30. The average molecular weight is 309 g/mol. The molecule has 0 bridgehead atoms. The highest BCUT2D eigenvalue weighted by atomic mass is 35.5. The molecule has 0 amide bonds. The van der Waals surface area contributed by atoms with Gasteiger partial charge in [-0.1, -0.05) is 84.4 Å². The summed E-state index contributed by atoms with van der Waals surface area (Å²) in [7, 11) is 0. The van der Waals surface area contributed by atoms with Crippen molar-refractivity contribution in [2.45, 2.75) is 12.0 Å². The molecule has 0 aliphatic carbocycles. The Kier molecular flexibility index (Phi) is 4.28. The van der Waals surface area contributed by atoms with Gasteiger partial charge in [-0.25, -0.2) is 0 Å². The lowest BCUT2D eigenvalue weighted by Gasteiger charge is -2.29. The van der Waals surface area contributed by atoms with E-state index >= 15 is 0 Å². The van der Waals surface area contributed by atoms with E-state index in [0.717, 1.165) is 16.7 Å². The van der Waals surface area contributed by atoms with Crippen LogP contribution in [0.2, 0.25) is 5.02 Å². The van der Waals surface area contributed by atoms with Crippen molar-refractivity contribution in [2.75, 3.05) is 0 Å². The molecule has 0 unspecified atom stereocenters. The molecule has 0 fully saturated rings. The molecule has 0 aliphatic rings. The Hall–Kier alpha value is -2.09. The van der Waals surface area contributed by atoms with Crippen molar-refractivity contribution in [3.8, 4) is 0 Å². The Bertz CT molecular complexity index is 681. The van der Waals surface area contributed by atoms with Crippen LogP contribution in [0.25, 0.3) is 0 Å². The number of halogens is 1. The first-order chi connectivity index (χ1) is 10.7. The van der Waals surface area contributed by atoms with Crippen LogP contribution in [0.15, 0.2) is 84.9 Å². The van der Waals surface area contributed by atoms with E-state index in [1.165, 1.54) is 0 Å². The maximum atomic E-state index is 11.4. The Balaban J connectivity index is 2.05. The maximum Gasteiger partial charge on any atom is 0.119 e. The van der Waals surface area contributed by atoms with Gasteiger partial charge in [-0.2, -0.15) is 0 Å². The van der Waals surface area contributed by atoms with Gasteiger partial charge in [-0.05, 0) is 28.8 Å². The molecule has 0 aliphatic heterocycles. The summed E-state index contributed by atoms with van der Waals surface area (Å²) in [6.07, 6.45) is 0.498. The zero-order chi connectivity index (χ0) is 15.4. The van der Waals surface area contributed by atoms with E-state index in [-0.39, 0.29) is 0 Å². The second kappa shape index (κ2) is 6.35. The van der Waals surface area contributed by atoms with Crippen LogP contribution in [-0.2, 0) is 12.0 Å². The van der Waals surface area contributed by atoms with Crippen LogP contribution in [0.5, 0.6) is 0 Å². The zero-order valence-electron chi connectivity index (χ0n) is 12.1. The van der Waals surface area contributed by atoms with Crippen molar-refractivity contribution in [1.29, 1.82) is 0 Å². The normalized spacial score (nSPS) is 11.4. The first kappa shape index (κ1) is 14.8. The summed E-state index contributed by atoms with van der Waals surface area (Å²) >= 11 is 5.95. The van der Waals surface area contributed by atoms with Crippen LogP contribution in [-0.4, -0.2) is 5.11 Å². The van der Waals surface area contributed by atoms with Crippen LogP contribution in [0.4, 0.5) is 0 Å². The fourth-order valence-electron chi connectivity index (χ4n) is 2.70. The molecule has 22 heavy (non-hydrogen) atoms. The number of aliphatic hydroxyl groups is 1. The fourth-order valence-corrected chi connectivity index (χ4v) is 2.82. The molecular weight excluding hydrogens is 292 g/mol. The second-order valence-corrected chi connectivity index (χ2v) is 5.83. The summed E-state index contributed by atoms with van der Waals surface area (Å²) in [6.45, 7) is 0. The van der Waals surface area contributed by atoms with Gasteiger partial charge in [0.05, 0.1) is 0 Å². The SMILES string of the molecule is OC(Cc1ccc(Cl)cc1)(c1ccccc1)c1ccccc1. The number of rotatable bonds is 4. The van der Waals surface area contributed by atoms with Gasteiger partial charge < -0.3 is 5.11 Å². The summed E-state index contributed by atoms with van der Waals surface area (Å²) in [5.41, 5.74) is 1.75. The van der Waals surface area contributed by atoms with Crippen molar-refractivity contribution < 1.29 is 5.11 Å². The standard InChI is InChI=1S/C20H17ClO/c21-19-13-11-16(12-14-19)15-20(22,17-7-3-1-4-8-17)18-9-5-2-6-10-18/h1-14,22H,15H2. The average Bonchev–Trinajstić information content (AvgIpc) is 2.58. The predicted octanol–water partition coefficient (Wildman–Crippen LogP) is 4.82. The Morgan fingerprint density at radius 2 is 1.14 bits per heavy atom. The van der Waals surface area contributed by atoms with Gasteiger partial charge in [-0.3, -0.25) is 0 Å². The second-order valence-electron chi connectivity index (χ2n) is 5.40. The Morgan fingerprint density at radius 1 is 0.682 bits per heavy atom. The molecule has 0 spiro atoms. The first-order valence-corrected chi connectivity index (χ1v) is 7.64. The van der Waals surface area contributed by atoms with Gasteiger partial charge in [0.15, 0.2) is 0 Å². The third-order valence-electron chi connectivity index (χ3n) is 3.88. The highest BCUT2D eigenvalue weighted by molar-refractivity contribution is 6.30. The van der Waals surface area contributed by atoms with Gasteiger partial charge in [0.2, 0.25) is 0 Å². The zero-order valence-corrected chi connectivity index (χ0v) is 12.9. The minimum atomic E-state index is -1.06. The van der Waals surface area contributed by atoms with Crippen LogP contribution in [0, 0.1) is 0 Å². The first-order valence-electron chi connectivity index (χ1n) is 7.26. The van der Waals surface area contributed by atoms with E-state index in [4.69, 9.17) is 11.6 Å². The topological polar surface area (TPSA) is 20.2 Å². The van der Waals surface area contributed by atoms with Gasteiger partial charge in [0.25, 0.3) is 0 Å². The molecule has 3 aromatic carbocycles. The van der Waals surface area contributed by atoms with Crippen molar-refractivity contribution in [3.63, 3.8) is 0 Å². The third-order valence-corrected chi connectivity index (χ3v) is 4.13. The lowest BCUT2D eigenvalue weighted by atomic mass is 9.81. The van der Waals surface area contributed by atoms with Gasteiger partial charge in [-0.15, -0.1) is 0 Å². The maximum absolute atomic E-state index is 11.4. The van der Waals surface area contributed by atoms with Gasteiger partial charge in [0.1, 0.15) is 5.60 Å². The van der Waals surface area contributed by atoms with Gasteiger partial charge >= 0.3 is 0 Å². The summed E-state index contributed by atoms with van der Waals surface area (Å²) < 4.78 is 0. The van der Waals surface area contributed by atoms with E-state index < -0.39 is 5.60 Å². The number of benzene rings is 3. The molecule has 1 nitrogen and oxygen atoms in total. The van der Waals surface area contributed by atoms with Crippen molar-refractivity contribution in [3.05, 3.63) is 107 Å². The highest BCUT2D eigenvalue weighted by Crippen LogP contribution is 2.33. The molecule has 3 aromatic rings. The van der Waals surface area contributed by atoms with Crippen molar-refractivity contribution in [2.24, 2.45) is 0 Å². The van der Waals surface area contributed by atoms with E-state index in [9.17, 15) is 5.11 Å². The van der Waals surface area contributed by atoms with E-state index in [0.29, 0.717) is 11.4 Å². The Labute approximate surface area is 135 Å². The van der Waals surface area contributed by atoms with E-state index in [2.05, 4.69) is 0 Å². The molecule has 0 atom stereocenters. The lowest BCUT2D eigenvalue weighted by molar-refractivity contribution is 0.0811. The van der Waals surface area contributed by atoms with Crippen molar-refractivity contribution in [1.82, 2.24) is 0 Å². The van der Waals surface area contributed by atoms with Crippen LogP contribution >= 0.6 is 11.6 Å². The summed E-state index contributed by atoms with van der Waals surface area (Å²) in [5.74, 6) is 0. The predicted molar refractivity (Wildman–Crippen MR) is 91.0 cm³/mol. The highest BCUT2D eigenvalue weighted by Gasteiger charge is 2.31. The summed E-state index contributed by atoms with van der Waals surface area (Å²) in [5, 5.41) is 12.1. The quantitative estimate of drug-likeness (QED) is 0.732. The summed E-state index contributed by atoms with van der Waals surface area (Å²) in [6, 6.07) is 27.2. The minimum absolute atomic E-state index is 0.498. The molecule has 0 saturated carbocycles.